The monoisotopic (exact) mass is 573 g/mol. The Bertz CT molecular complexity index is 1630. The summed E-state index contributed by atoms with van der Waals surface area (Å²) >= 11 is 1.24. The quantitative estimate of drug-likeness (QED) is 0.249. The second-order valence-electron chi connectivity index (χ2n) is 10.1. The number of carbonyl (C=O) groups excluding carboxylic acids is 1. The Hall–Kier alpha value is -4.22. The Morgan fingerprint density at radius 3 is 2.56 bits per heavy atom. The number of amides is 1. The van der Waals surface area contributed by atoms with Gasteiger partial charge in [-0.3, -0.25) is 14.2 Å². The van der Waals surface area contributed by atoms with Gasteiger partial charge in [0.25, 0.3) is 5.56 Å². The largest absolute Gasteiger partial charge is 0.454 e. The van der Waals surface area contributed by atoms with E-state index in [-0.39, 0.29) is 30.6 Å². The molecule has 3 aromatic carbocycles. The average Bonchev–Trinajstić information content (AvgIpc) is 3.46. The zero-order valence-corrected chi connectivity index (χ0v) is 23.8. The van der Waals surface area contributed by atoms with Crippen molar-refractivity contribution in [3.8, 4) is 11.5 Å². The van der Waals surface area contributed by atoms with E-state index in [1.165, 1.54) is 11.8 Å². The van der Waals surface area contributed by atoms with Crippen LogP contribution in [0.4, 0.5) is 17.1 Å². The molecule has 11 heteroatoms. The lowest BCUT2D eigenvalue weighted by Crippen LogP contribution is -2.36. The number of nitrogens with zero attached hydrogens (tertiary/aromatic N) is 4. The molecule has 0 aliphatic carbocycles. The smallest absolute Gasteiger partial charge is 0.262 e. The lowest BCUT2D eigenvalue weighted by atomic mass is 10.1. The standard InChI is InChI=1S/C30H31N5O5S/c1-33(2)22-6-4-21(5-7-22)31-28(36)18-41-30-32-25-9-8-23(34-11-13-38-14-12-34)16-24(25)29(37)35(30)17-20-3-10-26-27(15-20)40-19-39-26/h3-10,15-16H,11-14,17-19H2,1-2H3,(H,31,36). The highest BCUT2D eigenvalue weighted by atomic mass is 32.2. The van der Waals surface area contributed by atoms with E-state index in [1.54, 1.807) is 4.57 Å². The van der Waals surface area contributed by atoms with Gasteiger partial charge in [-0.25, -0.2) is 4.98 Å². The van der Waals surface area contributed by atoms with Gasteiger partial charge in [0.2, 0.25) is 12.7 Å². The minimum absolute atomic E-state index is 0.0976. The van der Waals surface area contributed by atoms with E-state index in [1.807, 2.05) is 79.7 Å². The molecule has 0 atom stereocenters. The van der Waals surface area contributed by atoms with Gasteiger partial charge in [0.15, 0.2) is 16.7 Å². The summed E-state index contributed by atoms with van der Waals surface area (Å²) < 4.78 is 18.1. The summed E-state index contributed by atoms with van der Waals surface area (Å²) in [5.74, 6) is 1.24. The molecule has 1 aromatic heterocycles. The van der Waals surface area contributed by atoms with Crippen molar-refractivity contribution >= 4 is 45.6 Å². The second kappa shape index (κ2) is 11.7. The van der Waals surface area contributed by atoms with Crippen LogP contribution < -0.4 is 30.1 Å². The van der Waals surface area contributed by atoms with Gasteiger partial charge in [0.1, 0.15) is 0 Å². The molecular formula is C30H31N5O5S. The molecule has 1 amide bonds. The van der Waals surface area contributed by atoms with Crippen molar-refractivity contribution in [3.63, 3.8) is 0 Å². The normalized spacial score (nSPS) is 14.3. The fraction of sp³-hybridized carbons (Fsp3) is 0.300. The summed E-state index contributed by atoms with van der Waals surface area (Å²) in [6, 6.07) is 19.0. The maximum atomic E-state index is 14.0. The SMILES string of the molecule is CN(C)c1ccc(NC(=O)CSc2nc3ccc(N4CCOCC4)cc3c(=O)n2Cc2ccc3c(c2)OCO3)cc1. The summed E-state index contributed by atoms with van der Waals surface area (Å²) in [5, 5.41) is 3.93. The van der Waals surface area contributed by atoms with Crippen LogP contribution in [0.3, 0.4) is 0 Å². The van der Waals surface area contributed by atoms with E-state index >= 15 is 0 Å². The summed E-state index contributed by atoms with van der Waals surface area (Å²) in [6.45, 7) is 3.30. The number of anilines is 3. The fourth-order valence-electron chi connectivity index (χ4n) is 4.85. The average molecular weight is 574 g/mol. The van der Waals surface area contributed by atoms with Crippen LogP contribution in [0.5, 0.6) is 11.5 Å². The lowest BCUT2D eigenvalue weighted by Gasteiger charge is -2.29. The molecule has 1 N–H and O–H groups in total. The van der Waals surface area contributed by atoms with Crippen molar-refractivity contribution in [2.45, 2.75) is 11.7 Å². The third kappa shape index (κ3) is 5.96. The molecule has 2 aliphatic heterocycles. The van der Waals surface area contributed by atoms with E-state index in [0.717, 1.165) is 30.0 Å². The van der Waals surface area contributed by atoms with Gasteiger partial charge in [0.05, 0.1) is 36.4 Å². The Morgan fingerprint density at radius 1 is 1.00 bits per heavy atom. The van der Waals surface area contributed by atoms with Gasteiger partial charge in [-0.2, -0.15) is 0 Å². The number of aromatic nitrogens is 2. The first-order valence-electron chi connectivity index (χ1n) is 13.4. The second-order valence-corrected chi connectivity index (χ2v) is 11.0. The van der Waals surface area contributed by atoms with Crippen molar-refractivity contribution in [3.05, 3.63) is 76.6 Å². The van der Waals surface area contributed by atoms with Crippen LogP contribution in [0.1, 0.15) is 5.56 Å². The van der Waals surface area contributed by atoms with E-state index < -0.39 is 0 Å². The number of ether oxygens (including phenoxy) is 3. The number of carbonyl (C=O) groups is 1. The van der Waals surface area contributed by atoms with Crippen molar-refractivity contribution in [1.82, 2.24) is 9.55 Å². The fourth-order valence-corrected chi connectivity index (χ4v) is 5.65. The Kier molecular flexibility index (Phi) is 7.71. The van der Waals surface area contributed by atoms with Gasteiger partial charge in [0, 0.05) is 44.2 Å². The van der Waals surface area contributed by atoms with Crippen molar-refractivity contribution in [1.29, 1.82) is 0 Å². The zero-order chi connectivity index (χ0) is 28.3. The minimum Gasteiger partial charge on any atom is -0.454 e. The predicted molar refractivity (Wildman–Crippen MR) is 161 cm³/mol. The van der Waals surface area contributed by atoms with Crippen LogP contribution in [-0.2, 0) is 16.1 Å². The molecule has 10 nitrogen and oxygen atoms in total. The molecule has 3 heterocycles. The van der Waals surface area contributed by atoms with Crippen molar-refractivity contribution in [2.75, 3.05) is 68.1 Å². The minimum atomic E-state index is -0.181. The highest BCUT2D eigenvalue weighted by molar-refractivity contribution is 7.99. The Labute approximate surface area is 241 Å². The molecule has 0 spiro atoms. The summed E-state index contributed by atoms with van der Waals surface area (Å²) in [6.07, 6.45) is 0. The first-order valence-corrected chi connectivity index (χ1v) is 14.4. The molecule has 6 rings (SSSR count). The van der Waals surface area contributed by atoms with Crippen LogP contribution in [-0.4, -0.2) is 68.4 Å². The molecule has 0 saturated carbocycles. The number of thioether (sulfide) groups is 1. The van der Waals surface area contributed by atoms with Crippen molar-refractivity contribution < 1.29 is 19.0 Å². The first-order chi connectivity index (χ1) is 19.9. The van der Waals surface area contributed by atoms with Gasteiger partial charge in [-0.15, -0.1) is 0 Å². The van der Waals surface area contributed by atoms with E-state index in [9.17, 15) is 9.59 Å². The number of hydrogen-bond donors (Lipinski definition) is 1. The third-order valence-electron chi connectivity index (χ3n) is 7.06. The molecule has 0 radical (unpaired) electrons. The highest BCUT2D eigenvalue weighted by Gasteiger charge is 2.19. The van der Waals surface area contributed by atoms with E-state index in [0.29, 0.717) is 46.5 Å². The number of nitrogens with one attached hydrogen (secondary N) is 1. The van der Waals surface area contributed by atoms with Gasteiger partial charge >= 0.3 is 0 Å². The topological polar surface area (TPSA) is 98.2 Å². The maximum Gasteiger partial charge on any atom is 0.262 e. The number of fused-ring (bicyclic) bond motifs is 2. The van der Waals surface area contributed by atoms with Crippen LogP contribution in [0, 0.1) is 0 Å². The van der Waals surface area contributed by atoms with Gasteiger partial charge in [-0.1, -0.05) is 17.8 Å². The van der Waals surface area contributed by atoms with Gasteiger partial charge in [-0.05, 0) is 60.2 Å². The van der Waals surface area contributed by atoms with Crippen LogP contribution in [0.2, 0.25) is 0 Å². The molecule has 0 bridgehead atoms. The maximum absolute atomic E-state index is 14.0. The molecule has 1 fully saturated rings. The zero-order valence-electron chi connectivity index (χ0n) is 23.0. The molecule has 1 saturated heterocycles. The predicted octanol–water partition coefficient (Wildman–Crippen LogP) is 3.81. The van der Waals surface area contributed by atoms with Gasteiger partial charge < -0.3 is 29.3 Å². The summed E-state index contributed by atoms with van der Waals surface area (Å²) in [4.78, 5) is 35.9. The van der Waals surface area contributed by atoms with Crippen molar-refractivity contribution in [2.24, 2.45) is 0 Å². The molecule has 212 valence electrons. The van der Waals surface area contributed by atoms with E-state index in [4.69, 9.17) is 19.2 Å². The Balaban J connectivity index is 1.29. The molecule has 0 unspecified atom stereocenters. The molecular weight excluding hydrogens is 542 g/mol. The lowest BCUT2D eigenvalue weighted by molar-refractivity contribution is -0.113. The van der Waals surface area contributed by atoms with Crippen LogP contribution >= 0.6 is 11.8 Å². The molecule has 4 aromatic rings. The Morgan fingerprint density at radius 2 is 1.78 bits per heavy atom. The number of morpholine rings is 1. The third-order valence-corrected chi connectivity index (χ3v) is 8.03. The summed E-state index contributed by atoms with van der Waals surface area (Å²) in [5.41, 5.74) is 4.02. The van der Waals surface area contributed by atoms with E-state index in [2.05, 4.69) is 10.2 Å². The van der Waals surface area contributed by atoms with Crippen LogP contribution in [0.15, 0.2) is 70.6 Å². The van der Waals surface area contributed by atoms with Crippen LogP contribution in [0.25, 0.3) is 10.9 Å². The first kappa shape index (κ1) is 27.0. The summed E-state index contributed by atoms with van der Waals surface area (Å²) in [7, 11) is 3.93. The highest BCUT2D eigenvalue weighted by Crippen LogP contribution is 2.33. The number of benzene rings is 3. The number of rotatable bonds is 8. The molecule has 2 aliphatic rings. The number of hydrogen-bond acceptors (Lipinski definition) is 9. The molecule has 41 heavy (non-hydrogen) atoms.